The molecule has 1 aliphatic carbocycles. The third-order valence-corrected chi connectivity index (χ3v) is 10.5. The minimum atomic E-state index is -4.65. The molecule has 3 fully saturated rings. The third kappa shape index (κ3) is 5.36. The molecule has 2 aromatic heterocycles. The lowest BCUT2D eigenvalue weighted by Crippen LogP contribution is -2.52. The van der Waals surface area contributed by atoms with E-state index in [0.717, 1.165) is 66.9 Å². The summed E-state index contributed by atoms with van der Waals surface area (Å²) in [5.74, 6) is 1.01. The molecule has 13 heteroatoms. The molecule has 2 saturated heterocycles. The Hall–Kier alpha value is -2.87. The van der Waals surface area contributed by atoms with Gasteiger partial charge in [0.2, 0.25) is 5.95 Å². The van der Waals surface area contributed by atoms with Crippen LogP contribution in [-0.4, -0.2) is 78.0 Å². The van der Waals surface area contributed by atoms with E-state index in [0.29, 0.717) is 52.1 Å². The summed E-state index contributed by atoms with van der Waals surface area (Å²) in [6, 6.07) is 8.29. The van der Waals surface area contributed by atoms with Crippen LogP contribution in [0.2, 0.25) is 0 Å². The SMILES string of the molecule is CC1CNCCN1c1ccc(Nc2ncc(C(F)(F)F)c(-c3cc4c(s3)C(=O)N(C3COC3)CCS4)n2)c(C2CC2)c1. The second kappa shape index (κ2) is 11.0. The summed E-state index contributed by atoms with van der Waals surface area (Å²) >= 11 is 2.55. The van der Waals surface area contributed by atoms with Gasteiger partial charge in [0.25, 0.3) is 5.91 Å². The summed E-state index contributed by atoms with van der Waals surface area (Å²) in [5.41, 5.74) is 1.95. The summed E-state index contributed by atoms with van der Waals surface area (Å²) in [6.07, 6.45) is -1.66. The highest BCUT2D eigenvalue weighted by Gasteiger charge is 2.38. The number of nitrogens with one attached hydrogen (secondary N) is 2. The first-order chi connectivity index (χ1) is 20.3. The van der Waals surface area contributed by atoms with E-state index in [9.17, 15) is 18.0 Å². The van der Waals surface area contributed by atoms with Crippen LogP contribution in [0.15, 0.2) is 35.4 Å². The number of nitrogens with zero attached hydrogens (tertiary/aromatic N) is 4. The number of carbonyl (C=O) groups is 1. The zero-order chi connectivity index (χ0) is 29.0. The second-order valence-corrected chi connectivity index (χ2v) is 13.4. The summed E-state index contributed by atoms with van der Waals surface area (Å²) in [6.45, 7) is 6.52. The highest BCUT2D eigenvalue weighted by atomic mass is 32.2. The van der Waals surface area contributed by atoms with Gasteiger partial charge in [-0.2, -0.15) is 13.2 Å². The number of benzene rings is 1. The van der Waals surface area contributed by atoms with Gasteiger partial charge >= 0.3 is 6.18 Å². The number of fused-ring (bicyclic) bond motifs is 1. The number of amides is 1. The molecule has 1 amide bonds. The topological polar surface area (TPSA) is 82.6 Å². The van der Waals surface area contributed by atoms with Gasteiger partial charge in [0.05, 0.1) is 29.8 Å². The Morgan fingerprint density at radius 2 is 1.98 bits per heavy atom. The average molecular weight is 617 g/mol. The van der Waals surface area contributed by atoms with Crippen molar-refractivity contribution in [2.75, 3.05) is 55.4 Å². The Balaban J connectivity index is 1.22. The first-order valence-corrected chi connectivity index (χ1v) is 16.0. The zero-order valence-electron chi connectivity index (χ0n) is 23.0. The largest absolute Gasteiger partial charge is 0.420 e. The first-order valence-electron chi connectivity index (χ1n) is 14.2. The lowest BCUT2D eigenvalue weighted by Gasteiger charge is -2.36. The number of rotatable bonds is 6. The quantitative estimate of drug-likeness (QED) is 0.371. The maximum Gasteiger partial charge on any atom is 0.420 e. The molecule has 1 saturated carbocycles. The normalized spacial score (nSPS) is 21.6. The van der Waals surface area contributed by atoms with E-state index in [2.05, 4.69) is 44.6 Å². The molecule has 222 valence electrons. The van der Waals surface area contributed by atoms with Crippen molar-refractivity contribution < 1.29 is 22.7 Å². The van der Waals surface area contributed by atoms with Crippen LogP contribution in [0.3, 0.4) is 0 Å². The number of alkyl halides is 3. The van der Waals surface area contributed by atoms with Gasteiger partial charge in [-0.05, 0) is 55.5 Å². The number of anilines is 3. The fraction of sp³-hybridized carbons (Fsp3) is 0.483. The van der Waals surface area contributed by atoms with E-state index in [4.69, 9.17) is 4.74 Å². The minimum absolute atomic E-state index is 0.0111. The lowest BCUT2D eigenvalue weighted by molar-refractivity contribution is -0.137. The van der Waals surface area contributed by atoms with Crippen molar-refractivity contribution in [3.63, 3.8) is 0 Å². The number of ether oxygens (including phenoxy) is 1. The molecule has 0 spiro atoms. The zero-order valence-corrected chi connectivity index (χ0v) is 24.7. The Labute approximate surface area is 250 Å². The van der Waals surface area contributed by atoms with Gasteiger partial charge in [0.15, 0.2) is 0 Å². The number of halogens is 3. The Bertz CT molecular complexity index is 1510. The molecular weight excluding hydrogens is 585 g/mol. The predicted octanol–water partition coefficient (Wildman–Crippen LogP) is 5.59. The molecule has 3 aromatic rings. The third-order valence-electron chi connectivity index (χ3n) is 8.26. The minimum Gasteiger partial charge on any atom is -0.377 e. The van der Waals surface area contributed by atoms with Crippen LogP contribution in [-0.2, 0) is 10.9 Å². The maximum atomic E-state index is 14.2. The van der Waals surface area contributed by atoms with E-state index in [1.807, 2.05) is 6.07 Å². The summed E-state index contributed by atoms with van der Waals surface area (Å²) in [4.78, 5) is 27.5. The Morgan fingerprint density at radius 3 is 2.69 bits per heavy atom. The van der Waals surface area contributed by atoms with E-state index in [1.165, 1.54) is 11.8 Å². The molecule has 8 nitrogen and oxygen atoms in total. The molecule has 4 aliphatic rings. The van der Waals surface area contributed by atoms with Crippen molar-refractivity contribution in [2.45, 2.75) is 48.8 Å². The summed E-state index contributed by atoms with van der Waals surface area (Å²) < 4.78 is 47.8. The number of thioether (sulfide) groups is 1. The molecular formula is C29H31F3N6O2S2. The first kappa shape index (κ1) is 27.9. The molecule has 42 heavy (non-hydrogen) atoms. The average Bonchev–Trinajstić information content (AvgIpc) is 3.72. The van der Waals surface area contributed by atoms with E-state index >= 15 is 0 Å². The molecule has 0 bridgehead atoms. The smallest absolute Gasteiger partial charge is 0.377 e. The molecule has 2 N–H and O–H groups in total. The number of carbonyl (C=O) groups excluding carboxylic acids is 1. The van der Waals surface area contributed by atoms with E-state index in [1.54, 1.807) is 11.0 Å². The molecule has 5 heterocycles. The van der Waals surface area contributed by atoms with Gasteiger partial charge in [0.1, 0.15) is 10.4 Å². The molecule has 1 atom stereocenters. The number of hydrogen-bond donors (Lipinski definition) is 2. The Kier molecular flexibility index (Phi) is 7.32. The van der Waals surface area contributed by atoms with Crippen LogP contribution in [0.5, 0.6) is 0 Å². The van der Waals surface area contributed by atoms with Gasteiger partial charge in [-0.25, -0.2) is 9.97 Å². The van der Waals surface area contributed by atoms with Crippen LogP contribution in [0.25, 0.3) is 10.6 Å². The number of hydrogen-bond acceptors (Lipinski definition) is 9. The van der Waals surface area contributed by atoms with Crippen LogP contribution >= 0.6 is 23.1 Å². The molecule has 1 unspecified atom stereocenters. The van der Waals surface area contributed by atoms with Crippen LogP contribution < -0.4 is 15.5 Å². The predicted molar refractivity (Wildman–Crippen MR) is 158 cm³/mol. The molecule has 0 radical (unpaired) electrons. The highest BCUT2D eigenvalue weighted by Crippen LogP contribution is 2.46. The van der Waals surface area contributed by atoms with Crippen molar-refractivity contribution in [3.8, 4) is 10.6 Å². The second-order valence-electron chi connectivity index (χ2n) is 11.2. The lowest BCUT2D eigenvalue weighted by atomic mass is 10.1. The van der Waals surface area contributed by atoms with Crippen molar-refractivity contribution in [1.29, 1.82) is 0 Å². The molecule has 3 aliphatic heterocycles. The number of piperazine rings is 1. The highest BCUT2D eigenvalue weighted by molar-refractivity contribution is 7.99. The fourth-order valence-electron chi connectivity index (χ4n) is 5.74. The van der Waals surface area contributed by atoms with Crippen molar-refractivity contribution in [3.05, 3.63) is 46.5 Å². The maximum absolute atomic E-state index is 14.2. The Morgan fingerprint density at radius 1 is 1.14 bits per heavy atom. The van der Waals surface area contributed by atoms with Crippen LogP contribution in [0, 0.1) is 0 Å². The van der Waals surface area contributed by atoms with Crippen molar-refractivity contribution in [2.24, 2.45) is 0 Å². The van der Waals surface area contributed by atoms with Crippen molar-refractivity contribution in [1.82, 2.24) is 20.2 Å². The fourth-order valence-corrected chi connectivity index (χ4v) is 8.06. The monoisotopic (exact) mass is 616 g/mol. The van der Waals surface area contributed by atoms with E-state index < -0.39 is 11.7 Å². The summed E-state index contributed by atoms with van der Waals surface area (Å²) in [7, 11) is 0. The van der Waals surface area contributed by atoms with Gasteiger partial charge < -0.3 is 25.2 Å². The number of thiophene rings is 1. The summed E-state index contributed by atoms with van der Waals surface area (Å²) in [5, 5.41) is 6.65. The van der Waals surface area contributed by atoms with Crippen LogP contribution in [0.1, 0.15) is 46.5 Å². The van der Waals surface area contributed by atoms with Crippen molar-refractivity contribution >= 4 is 46.3 Å². The molecule has 1 aromatic carbocycles. The van der Waals surface area contributed by atoms with E-state index in [-0.39, 0.29) is 23.6 Å². The standard InChI is InChI=1S/C29H31F3N6O2S2/c1-16-12-33-6-7-37(16)18-4-5-22(20(10-18)17-2-3-17)35-28-34-13-21(29(30,31)32)25(36-28)23-11-24-26(42-23)27(39)38(8-9-41-24)19-14-40-15-19/h4-5,10-11,13,16-17,19,33H,2-3,6-9,12,14-15H2,1H3,(H,34,35,36). The number of aromatic nitrogens is 2. The van der Waals surface area contributed by atoms with Gasteiger partial charge in [-0.15, -0.1) is 23.1 Å². The van der Waals surface area contributed by atoms with Gasteiger partial charge in [-0.1, -0.05) is 0 Å². The van der Waals surface area contributed by atoms with Crippen LogP contribution in [0.4, 0.5) is 30.5 Å². The van der Waals surface area contributed by atoms with Gasteiger partial charge in [0, 0.05) is 60.4 Å². The van der Waals surface area contributed by atoms with Gasteiger partial charge in [-0.3, -0.25) is 4.79 Å². The molecule has 7 rings (SSSR count).